The number of aromatic nitrogens is 6. The molecule has 4 aromatic heterocycles. The number of benzene rings is 2. The fourth-order valence-electron chi connectivity index (χ4n) is 7.00. The van der Waals surface area contributed by atoms with E-state index < -0.39 is 11.8 Å². The Balaban J connectivity index is 0.000000181. The van der Waals surface area contributed by atoms with Crippen LogP contribution in [0.5, 0.6) is 0 Å². The van der Waals surface area contributed by atoms with E-state index in [2.05, 4.69) is 55.7 Å². The number of anilines is 6. The zero-order valence-corrected chi connectivity index (χ0v) is 32.9. The molecule has 2 aliphatic rings. The van der Waals surface area contributed by atoms with Gasteiger partial charge in [-0.1, -0.05) is 12.1 Å². The van der Waals surface area contributed by atoms with Crippen LogP contribution in [0.1, 0.15) is 46.7 Å². The maximum Gasteiger partial charge on any atom is 0.317 e. The number of urea groups is 1. The fraction of sp³-hybridized carbons (Fsp3) is 0.293. The number of carbonyl (C=O) groups excluding carboxylic acids is 3. The van der Waals surface area contributed by atoms with E-state index in [1.807, 2.05) is 60.7 Å². The average molecular weight is 798 g/mol. The minimum atomic E-state index is -0.663. The number of fused-ring (bicyclic) bond motifs is 2. The largest absolute Gasteiger partial charge is 0.364 e. The van der Waals surface area contributed by atoms with Crippen LogP contribution in [0.3, 0.4) is 0 Å². The van der Waals surface area contributed by atoms with Crippen LogP contribution in [0, 0.1) is 0 Å². The lowest BCUT2D eigenvalue weighted by molar-refractivity contribution is 0.0987. The predicted octanol–water partition coefficient (Wildman–Crippen LogP) is 3.90. The molecule has 2 atom stereocenters. The Kier molecular flexibility index (Phi) is 12.2. The minimum absolute atomic E-state index is 0.000615. The van der Waals surface area contributed by atoms with E-state index in [0.717, 1.165) is 72.0 Å². The Morgan fingerprint density at radius 1 is 0.695 bits per heavy atom. The maximum atomic E-state index is 12.0. The molecule has 0 bridgehead atoms. The SMILES string of the molecule is CN(C)C(=O)N[C@@H]1CCCN(c2cnc(C(N)=O)c(Nc3ccc4ncccc4c3)n2)C1.NC(=O)c1ncc(N2CCC[C@@H](N)C2)nc1Nc1ccc2ncccc2c1. The summed E-state index contributed by atoms with van der Waals surface area (Å²) < 4.78 is 0. The number of primary amides is 2. The maximum absolute atomic E-state index is 12.0. The molecule has 2 saturated heterocycles. The van der Waals surface area contributed by atoms with Crippen molar-refractivity contribution < 1.29 is 14.4 Å². The van der Waals surface area contributed by atoms with Gasteiger partial charge in [0.15, 0.2) is 23.0 Å². The van der Waals surface area contributed by atoms with Gasteiger partial charge in [0.05, 0.1) is 23.4 Å². The zero-order chi connectivity index (χ0) is 41.5. The quantitative estimate of drug-likeness (QED) is 0.121. The number of hydrogen-bond acceptors (Lipinski definition) is 14. The monoisotopic (exact) mass is 797 g/mol. The number of nitrogens with one attached hydrogen (secondary N) is 3. The van der Waals surface area contributed by atoms with Crippen molar-refractivity contribution >= 4 is 74.3 Å². The molecule has 2 fully saturated rings. The summed E-state index contributed by atoms with van der Waals surface area (Å²) in [5, 5.41) is 11.3. The van der Waals surface area contributed by atoms with Gasteiger partial charge in [0.1, 0.15) is 11.6 Å². The van der Waals surface area contributed by atoms with Crippen LogP contribution in [0.2, 0.25) is 0 Å². The second-order valence-electron chi connectivity index (χ2n) is 14.6. The first kappa shape index (κ1) is 40.0. The highest BCUT2D eigenvalue weighted by atomic mass is 16.2. The first-order valence-corrected chi connectivity index (χ1v) is 19.3. The molecular weight excluding hydrogens is 751 g/mol. The number of pyridine rings is 2. The minimum Gasteiger partial charge on any atom is -0.364 e. The number of rotatable bonds is 9. The molecule has 0 aliphatic carbocycles. The Hall–Kier alpha value is -7.21. The second-order valence-corrected chi connectivity index (χ2v) is 14.6. The van der Waals surface area contributed by atoms with Gasteiger partial charge in [-0.15, -0.1) is 0 Å². The van der Waals surface area contributed by atoms with Crippen LogP contribution >= 0.6 is 0 Å². The molecule has 9 N–H and O–H groups in total. The van der Waals surface area contributed by atoms with E-state index in [0.29, 0.717) is 30.5 Å². The van der Waals surface area contributed by atoms with Gasteiger partial charge in [0.2, 0.25) is 0 Å². The van der Waals surface area contributed by atoms with Crippen molar-refractivity contribution in [2.24, 2.45) is 17.2 Å². The Bertz CT molecular complexity index is 2480. The van der Waals surface area contributed by atoms with E-state index in [4.69, 9.17) is 17.2 Å². The highest BCUT2D eigenvalue weighted by Crippen LogP contribution is 2.27. The zero-order valence-electron chi connectivity index (χ0n) is 32.9. The Labute approximate surface area is 340 Å². The van der Waals surface area contributed by atoms with Crippen molar-refractivity contribution in [2.75, 3.05) is 60.7 Å². The molecule has 0 unspecified atom stereocenters. The summed E-state index contributed by atoms with van der Waals surface area (Å²) in [6.07, 6.45) is 10.4. The van der Waals surface area contributed by atoms with Crippen LogP contribution in [0.4, 0.5) is 39.4 Å². The standard InChI is InChI=1S/C22H26N8O2.C19H21N7O/c1-29(2)22(32)27-16-6-4-10-30(13-16)18-12-25-19(20(23)31)21(28-18)26-15-7-8-17-14(11-15)5-3-9-24-17;20-13-4-2-8-26(11-13)16-10-23-17(18(21)27)19(25-16)24-14-5-6-15-12(9-14)3-1-7-22-15/h3,5,7-9,11-12,16H,4,6,10,13H2,1-2H3,(H2,23,31)(H,26,28)(H,27,32);1,3,5-7,9-10,13H,2,4,8,11,20H2,(H2,21,27)(H,24,25)/t16-;13-/m11/s1. The van der Waals surface area contributed by atoms with Gasteiger partial charge in [0.25, 0.3) is 11.8 Å². The van der Waals surface area contributed by atoms with Crippen LogP contribution in [-0.4, -0.2) is 105 Å². The lowest BCUT2D eigenvalue weighted by Crippen LogP contribution is -2.50. The number of nitrogens with zero attached hydrogens (tertiary/aromatic N) is 9. The predicted molar refractivity (Wildman–Crippen MR) is 228 cm³/mol. The van der Waals surface area contributed by atoms with Crippen molar-refractivity contribution in [2.45, 2.75) is 37.8 Å². The molecule has 6 aromatic rings. The number of amides is 4. The third-order valence-corrected chi connectivity index (χ3v) is 9.98. The van der Waals surface area contributed by atoms with E-state index in [1.165, 1.54) is 4.90 Å². The molecule has 2 aromatic carbocycles. The van der Waals surface area contributed by atoms with E-state index in [1.54, 1.807) is 38.9 Å². The number of hydrogen-bond donors (Lipinski definition) is 6. The molecule has 6 heterocycles. The first-order chi connectivity index (χ1) is 28.5. The van der Waals surface area contributed by atoms with E-state index >= 15 is 0 Å². The highest BCUT2D eigenvalue weighted by molar-refractivity contribution is 5.97. The highest BCUT2D eigenvalue weighted by Gasteiger charge is 2.25. The van der Waals surface area contributed by atoms with E-state index in [9.17, 15) is 14.4 Å². The van der Waals surface area contributed by atoms with Crippen LogP contribution < -0.4 is 43.0 Å². The molecule has 18 nitrogen and oxygen atoms in total. The topological polar surface area (TPSA) is 252 Å². The first-order valence-electron chi connectivity index (χ1n) is 19.3. The third kappa shape index (κ3) is 9.85. The van der Waals surface area contributed by atoms with Gasteiger partial charge >= 0.3 is 6.03 Å². The van der Waals surface area contributed by atoms with Gasteiger partial charge < -0.3 is 47.9 Å². The van der Waals surface area contributed by atoms with Crippen molar-refractivity contribution in [1.82, 2.24) is 40.1 Å². The smallest absolute Gasteiger partial charge is 0.317 e. The summed E-state index contributed by atoms with van der Waals surface area (Å²) in [5.41, 5.74) is 20.5. The average Bonchev–Trinajstić information content (AvgIpc) is 3.23. The van der Waals surface area contributed by atoms with Gasteiger partial charge in [-0.25, -0.2) is 24.7 Å². The molecule has 0 saturated carbocycles. The number of piperidine rings is 2. The summed E-state index contributed by atoms with van der Waals surface area (Å²) >= 11 is 0. The molecule has 59 heavy (non-hydrogen) atoms. The third-order valence-electron chi connectivity index (χ3n) is 9.98. The summed E-state index contributed by atoms with van der Waals surface area (Å²) in [4.78, 5) is 67.8. The van der Waals surface area contributed by atoms with Gasteiger partial charge in [-0.3, -0.25) is 19.6 Å². The van der Waals surface area contributed by atoms with Crippen LogP contribution in [0.15, 0.2) is 85.5 Å². The molecule has 0 radical (unpaired) electrons. The fourth-order valence-corrected chi connectivity index (χ4v) is 7.00. The summed E-state index contributed by atoms with van der Waals surface area (Å²) in [6, 6.07) is 19.1. The summed E-state index contributed by atoms with van der Waals surface area (Å²) in [5.74, 6) is 0.627. The second kappa shape index (κ2) is 17.9. The summed E-state index contributed by atoms with van der Waals surface area (Å²) in [6.45, 7) is 2.95. The Morgan fingerprint density at radius 2 is 1.20 bits per heavy atom. The van der Waals surface area contributed by atoms with Gasteiger partial charge in [-0.2, -0.15) is 0 Å². The van der Waals surface area contributed by atoms with Crippen LogP contribution in [0.25, 0.3) is 21.8 Å². The number of carbonyl (C=O) groups is 3. The normalized spacial score (nSPS) is 16.5. The lowest BCUT2D eigenvalue weighted by atomic mass is 10.1. The molecule has 2 aliphatic heterocycles. The van der Waals surface area contributed by atoms with Crippen molar-refractivity contribution in [3.63, 3.8) is 0 Å². The molecule has 8 rings (SSSR count). The molecule has 4 amide bonds. The molecule has 0 spiro atoms. The van der Waals surface area contributed by atoms with Crippen molar-refractivity contribution in [1.29, 1.82) is 0 Å². The summed E-state index contributed by atoms with van der Waals surface area (Å²) in [7, 11) is 3.43. The molecule has 18 heteroatoms. The van der Waals surface area contributed by atoms with Gasteiger partial charge in [0, 0.05) is 86.9 Å². The van der Waals surface area contributed by atoms with Crippen molar-refractivity contribution in [3.8, 4) is 0 Å². The molecule has 304 valence electrons. The van der Waals surface area contributed by atoms with Crippen molar-refractivity contribution in [3.05, 3.63) is 96.8 Å². The number of nitrogens with two attached hydrogens (primary N) is 3. The van der Waals surface area contributed by atoms with Gasteiger partial charge in [-0.05, 0) is 74.2 Å². The van der Waals surface area contributed by atoms with Crippen LogP contribution in [-0.2, 0) is 0 Å². The lowest BCUT2D eigenvalue weighted by Gasteiger charge is -2.34. The van der Waals surface area contributed by atoms with E-state index in [-0.39, 0.29) is 35.3 Å². The molecular formula is C41H47N15O3. The Morgan fingerprint density at radius 3 is 1.69 bits per heavy atom.